The SMILES string of the molecule is CN=C(NCCc1cn2cccc(C)c2n1)NC1CCCC(SC)C1. The van der Waals surface area contributed by atoms with Crippen LogP contribution in [0.3, 0.4) is 0 Å². The lowest BCUT2D eigenvalue weighted by Gasteiger charge is -2.29. The molecule has 6 heteroatoms. The topological polar surface area (TPSA) is 53.7 Å². The molecule has 0 amide bonds. The lowest BCUT2D eigenvalue weighted by atomic mass is 9.95. The second-order valence-electron chi connectivity index (χ2n) is 6.77. The molecule has 2 heterocycles. The summed E-state index contributed by atoms with van der Waals surface area (Å²) < 4.78 is 2.10. The molecule has 0 aromatic carbocycles. The molecular weight excluding hydrogens is 330 g/mol. The predicted molar refractivity (Wildman–Crippen MR) is 108 cm³/mol. The Morgan fingerprint density at radius 3 is 3.08 bits per heavy atom. The zero-order valence-electron chi connectivity index (χ0n) is 15.5. The number of hydrogen-bond acceptors (Lipinski definition) is 3. The molecule has 0 radical (unpaired) electrons. The maximum Gasteiger partial charge on any atom is 0.191 e. The Balaban J connectivity index is 1.50. The molecule has 1 aliphatic carbocycles. The molecule has 0 saturated heterocycles. The highest BCUT2D eigenvalue weighted by molar-refractivity contribution is 7.99. The molecular formula is C19H29N5S. The maximum atomic E-state index is 4.73. The molecule has 2 atom stereocenters. The predicted octanol–water partition coefficient (Wildman–Crippen LogP) is 3.02. The summed E-state index contributed by atoms with van der Waals surface area (Å²) in [5.41, 5.74) is 3.36. The van der Waals surface area contributed by atoms with Crippen LogP contribution in [0.1, 0.15) is 36.9 Å². The summed E-state index contributed by atoms with van der Waals surface area (Å²) in [4.78, 5) is 9.11. The van der Waals surface area contributed by atoms with E-state index < -0.39 is 0 Å². The van der Waals surface area contributed by atoms with Crippen molar-refractivity contribution in [2.24, 2.45) is 4.99 Å². The van der Waals surface area contributed by atoms with Gasteiger partial charge in [-0.2, -0.15) is 11.8 Å². The van der Waals surface area contributed by atoms with E-state index in [1.165, 1.54) is 31.2 Å². The Morgan fingerprint density at radius 1 is 1.44 bits per heavy atom. The van der Waals surface area contributed by atoms with E-state index in [-0.39, 0.29) is 0 Å². The highest BCUT2D eigenvalue weighted by Crippen LogP contribution is 2.26. The molecule has 0 spiro atoms. The Bertz CT molecular complexity index is 724. The van der Waals surface area contributed by atoms with Crippen molar-refractivity contribution in [2.75, 3.05) is 19.8 Å². The van der Waals surface area contributed by atoms with Crippen molar-refractivity contribution in [1.82, 2.24) is 20.0 Å². The molecule has 1 aliphatic rings. The van der Waals surface area contributed by atoms with Crippen LogP contribution >= 0.6 is 11.8 Å². The fraction of sp³-hybridized carbons (Fsp3) is 0.579. The third-order valence-electron chi connectivity index (χ3n) is 4.93. The van der Waals surface area contributed by atoms with Crippen molar-refractivity contribution in [3.05, 3.63) is 35.8 Å². The molecule has 2 unspecified atom stereocenters. The van der Waals surface area contributed by atoms with E-state index in [0.29, 0.717) is 6.04 Å². The quantitative estimate of drug-likeness (QED) is 0.636. The monoisotopic (exact) mass is 359 g/mol. The van der Waals surface area contributed by atoms with Gasteiger partial charge in [-0.1, -0.05) is 12.5 Å². The van der Waals surface area contributed by atoms with E-state index >= 15 is 0 Å². The Hall–Kier alpha value is -1.69. The molecule has 5 nitrogen and oxygen atoms in total. The average Bonchev–Trinajstić information content (AvgIpc) is 3.05. The van der Waals surface area contributed by atoms with E-state index in [0.717, 1.165) is 35.5 Å². The van der Waals surface area contributed by atoms with Gasteiger partial charge in [0.1, 0.15) is 5.65 Å². The highest BCUT2D eigenvalue weighted by atomic mass is 32.2. The number of aryl methyl sites for hydroxylation is 1. The second kappa shape index (κ2) is 8.61. The van der Waals surface area contributed by atoms with E-state index in [2.05, 4.69) is 57.7 Å². The number of nitrogens with one attached hydrogen (secondary N) is 2. The van der Waals surface area contributed by atoms with Gasteiger partial charge in [0.25, 0.3) is 0 Å². The number of hydrogen-bond donors (Lipinski definition) is 2. The number of guanidine groups is 1. The maximum absolute atomic E-state index is 4.73. The van der Waals surface area contributed by atoms with Gasteiger partial charge in [0.15, 0.2) is 5.96 Å². The largest absolute Gasteiger partial charge is 0.356 e. The minimum absolute atomic E-state index is 0.537. The molecule has 2 N–H and O–H groups in total. The first-order valence-electron chi connectivity index (χ1n) is 9.12. The third kappa shape index (κ3) is 4.69. The van der Waals surface area contributed by atoms with E-state index in [1.807, 2.05) is 18.8 Å². The lowest BCUT2D eigenvalue weighted by molar-refractivity contribution is 0.419. The van der Waals surface area contributed by atoms with Gasteiger partial charge < -0.3 is 15.0 Å². The van der Waals surface area contributed by atoms with Crippen LogP contribution in [0.25, 0.3) is 5.65 Å². The summed E-state index contributed by atoms with van der Waals surface area (Å²) in [6.45, 7) is 2.93. The minimum atomic E-state index is 0.537. The molecule has 2 aromatic heterocycles. The molecule has 1 fully saturated rings. The highest BCUT2D eigenvalue weighted by Gasteiger charge is 2.21. The van der Waals surface area contributed by atoms with Gasteiger partial charge in [-0.3, -0.25) is 4.99 Å². The van der Waals surface area contributed by atoms with Crippen LogP contribution in [0.4, 0.5) is 0 Å². The van der Waals surface area contributed by atoms with Gasteiger partial charge in [0.2, 0.25) is 0 Å². The van der Waals surface area contributed by atoms with E-state index in [9.17, 15) is 0 Å². The average molecular weight is 360 g/mol. The van der Waals surface area contributed by atoms with Gasteiger partial charge in [-0.15, -0.1) is 0 Å². The molecule has 0 aliphatic heterocycles. The molecule has 136 valence electrons. The van der Waals surface area contributed by atoms with Crippen molar-refractivity contribution in [2.45, 2.75) is 50.3 Å². The number of aliphatic imine (C=N–C) groups is 1. The first-order valence-corrected chi connectivity index (χ1v) is 10.4. The molecule has 25 heavy (non-hydrogen) atoms. The van der Waals surface area contributed by atoms with Crippen molar-refractivity contribution in [3.63, 3.8) is 0 Å². The van der Waals surface area contributed by atoms with Gasteiger partial charge >= 0.3 is 0 Å². The standard InChI is InChI=1S/C19H29N5S/c1-14-6-5-11-24-13-16(22-18(14)24)9-10-21-19(20-2)23-15-7-4-8-17(12-15)25-3/h5-6,11,13,15,17H,4,7-10,12H2,1-3H3,(H2,20,21,23). The van der Waals surface area contributed by atoms with Gasteiger partial charge in [0, 0.05) is 43.7 Å². The summed E-state index contributed by atoms with van der Waals surface area (Å²) in [6, 6.07) is 4.70. The van der Waals surface area contributed by atoms with Crippen LogP contribution in [0.15, 0.2) is 29.5 Å². The van der Waals surface area contributed by atoms with Crippen molar-refractivity contribution in [3.8, 4) is 0 Å². The van der Waals surface area contributed by atoms with Gasteiger partial charge in [-0.25, -0.2) is 4.98 Å². The molecule has 0 bridgehead atoms. The van der Waals surface area contributed by atoms with Crippen molar-refractivity contribution >= 4 is 23.4 Å². The minimum Gasteiger partial charge on any atom is -0.356 e. The zero-order valence-corrected chi connectivity index (χ0v) is 16.3. The van der Waals surface area contributed by atoms with Gasteiger partial charge in [0.05, 0.1) is 5.69 Å². The Labute approximate surface area is 154 Å². The fourth-order valence-electron chi connectivity index (χ4n) is 3.51. The summed E-state index contributed by atoms with van der Waals surface area (Å²) in [6.07, 6.45) is 12.4. The third-order valence-corrected chi connectivity index (χ3v) is 6.02. The second-order valence-corrected chi connectivity index (χ2v) is 7.91. The number of fused-ring (bicyclic) bond motifs is 1. The van der Waals surface area contributed by atoms with E-state index in [4.69, 9.17) is 4.98 Å². The van der Waals surface area contributed by atoms with Crippen LogP contribution in [0, 0.1) is 6.92 Å². The summed E-state index contributed by atoms with van der Waals surface area (Å²) in [5.74, 6) is 0.909. The smallest absolute Gasteiger partial charge is 0.191 e. The summed E-state index contributed by atoms with van der Waals surface area (Å²) in [5, 5.41) is 7.81. The number of nitrogens with zero attached hydrogens (tertiary/aromatic N) is 3. The number of pyridine rings is 1. The molecule has 2 aromatic rings. The number of imidazole rings is 1. The normalized spacial score (nSPS) is 21.5. The summed E-state index contributed by atoms with van der Waals surface area (Å²) in [7, 11) is 1.85. The van der Waals surface area contributed by atoms with Crippen molar-refractivity contribution < 1.29 is 0 Å². The van der Waals surface area contributed by atoms with Crippen LogP contribution in [0.5, 0.6) is 0 Å². The summed E-state index contributed by atoms with van der Waals surface area (Å²) >= 11 is 1.99. The van der Waals surface area contributed by atoms with Gasteiger partial charge in [-0.05, 0) is 44.1 Å². The van der Waals surface area contributed by atoms with E-state index in [1.54, 1.807) is 0 Å². The lowest BCUT2D eigenvalue weighted by Crippen LogP contribution is -2.46. The first kappa shape index (κ1) is 18.1. The fourth-order valence-corrected chi connectivity index (χ4v) is 4.34. The number of aromatic nitrogens is 2. The molecule has 3 rings (SSSR count). The van der Waals surface area contributed by atoms with Crippen LogP contribution < -0.4 is 10.6 Å². The Kier molecular flexibility index (Phi) is 6.24. The van der Waals surface area contributed by atoms with Crippen LogP contribution in [0.2, 0.25) is 0 Å². The first-order chi connectivity index (χ1) is 12.2. The van der Waals surface area contributed by atoms with Crippen molar-refractivity contribution in [1.29, 1.82) is 0 Å². The molecule has 1 saturated carbocycles. The van der Waals surface area contributed by atoms with Crippen LogP contribution in [-0.4, -0.2) is 46.5 Å². The van der Waals surface area contributed by atoms with Crippen LogP contribution in [-0.2, 0) is 6.42 Å². The number of thioether (sulfide) groups is 1. The Morgan fingerprint density at radius 2 is 2.32 bits per heavy atom. The number of rotatable bonds is 5. The zero-order chi connectivity index (χ0) is 17.6.